The Kier molecular flexibility index (Phi) is 6.14. The van der Waals surface area contributed by atoms with E-state index in [0.717, 1.165) is 24.0 Å². The fourth-order valence-electron chi connectivity index (χ4n) is 3.04. The molecule has 0 spiro atoms. The van der Waals surface area contributed by atoms with E-state index in [1.807, 2.05) is 30.3 Å². The van der Waals surface area contributed by atoms with E-state index in [1.54, 1.807) is 12.1 Å². The van der Waals surface area contributed by atoms with Crippen molar-refractivity contribution in [1.29, 1.82) is 0 Å². The van der Waals surface area contributed by atoms with E-state index in [4.69, 9.17) is 4.74 Å². The van der Waals surface area contributed by atoms with Gasteiger partial charge in [0.15, 0.2) is 0 Å². The minimum atomic E-state index is -0.271. The fraction of sp³-hybridized carbons (Fsp3) is 0.350. The molecule has 3 rings (SSSR count). The second-order valence-corrected chi connectivity index (χ2v) is 6.23. The third-order valence-corrected chi connectivity index (χ3v) is 4.39. The average Bonchev–Trinajstić information content (AvgIpc) is 2.65. The summed E-state index contributed by atoms with van der Waals surface area (Å²) in [6, 6.07) is 16.2. The Morgan fingerprint density at radius 3 is 2.36 bits per heavy atom. The van der Waals surface area contributed by atoms with Crippen LogP contribution in [0.1, 0.15) is 30.0 Å². The topological polar surface area (TPSA) is 50.4 Å². The number of ether oxygens (including phenoxy) is 1. The van der Waals surface area contributed by atoms with Crippen molar-refractivity contribution in [3.8, 4) is 0 Å². The van der Waals surface area contributed by atoms with Gasteiger partial charge in [-0.05, 0) is 36.1 Å². The second-order valence-electron chi connectivity index (χ2n) is 6.23. The molecule has 0 aliphatic carbocycles. The molecule has 2 N–H and O–H groups in total. The summed E-state index contributed by atoms with van der Waals surface area (Å²) in [5.74, 6) is -0.303. The third-order valence-electron chi connectivity index (χ3n) is 4.39. The number of rotatable bonds is 6. The molecular weight excluding hydrogens is 319 g/mol. The van der Waals surface area contributed by atoms with Crippen LogP contribution in [0.4, 0.5) is 4.39 Å². The van der Waals surface area contributed by atoms with Crippen LogP contribution < -0.4 is 10.6 Å². The maximum atomic E-state index is 13.2. The van der Waals surface area contributed by atoms with Gasteiger partial charge in [-0.2, -0.15) is 0 Å². The van der Waals surface area contributed by atoms with Gasteiger partial charge >= 0.3 is 0 Å². The zero-order valence-corrected chi connectivity index (χ0v) is 14.1. The summed E-state index contributed by atoms with van der Waals surface area (Å²) in [6.07, 6.45) is 1.71. The molecule has 1 amide bonds. The molecule has 1 aliphatic heterocycles. The molecule has 25 heavy (non-hydrogen) atoms. The van der Waals surface area contributed by atoms with Crippen molar-refractivity contribution in [2.24, 2.45) is 0 Å². The van der Waals surface area contributed by atoms with Crippen LogP contribution in [0.2, 0.25) is 0 Å². The van der Waals surface area contributed by atoms with Crippen LogP contribution in [0.5, 0.6) is 0 Å². The van der Waals surface area contributed by atoms with Crippen LogP contribution in [0.25, 0.3) is 0 Å². The zero-order valence-electron chi connectivity index (χ0n) is 14.1. The number of benzene rings is 2. The first-order chi connectivity index (χ1) is 12.2. The normalized spacial score (nSPS) is 16.4. The van der Waals surface area contributed by atoms with E-state index in [-0.39, 0.29) is 30.4 Å². The van der Waals surface area contributed by atoms with Crippen molar-refractivity contribution in [3.63, 3.8) is 0 Å². The molecular formula is C20H23FN2O2. The van der Waals surface area contributed by atoms with Crippen LogP contribution in [0.3, 0.4) is 0 Å². The number of nitrogens with one attached hydrogen (secondary N) is 2. The Morgan fingerprint density at radius 1 is 1.04 bits per heavy atom. The number of hydrogen-bond acceptors (Lipinski definition) is 3. The van der Waals surface area contributed by atoms with Gasteiger partial charge in [-0.3, -0.25) is 10.1 Å². The molecule has 2 aromatic rings. The van der Waals surface area contributed by atoms with Crippen molar-refractivity contribution < 1.29 is 13.9 Å². The molecule has 4 nitrogen and oxygen atoms in total. The first kappa shape index (κ1) is 17.6. The maximum Gasteiger partial charge on any atom is 0.234 e. The molecule has 5 heteroatoms. The Labute approximate surface area is 147 Å². The van der Waals surface area contributed by atoms with E-state index < -0.39 is 0 Å². The highest BCUT2D eigenvalue weighted by Gasteiger charge is 2.18. The van der Waals surface area contributed by atoms with Gasteiger partial charge < -0.3 is 10.1 Å². The molecule has 1 heterocycles. The number of carbonyl (C=O) groups excluding carboxylic acids is 1. The summed E-state index contributed by atoms with van der Waals surface area (Å²) < 4.78 is 18.5. The fourth-order valence-corrected chi connectivity index (χ4v) is 3.04. The van der Waals surface area contributed by atoms with Gasteiger partial charge in [0.2, 0.25) is 5.91 Å². The van der Waals surface area contributed by atoms with Crippen molar-refractivity contribution >= 4 is 5.91 Å². The van der Waals surface area contributed by atoms with E-state index in [0.29, 0.717) is 13.2 Å². The van der Waals surface area contributed by atoms with Gasteiger partial charge in [0.05, 0.1) is 12.6 Å². The molecule has 0 bridgehead atoms. The van der Waals surface area contributed by atoms with Gasteiger partial charge in [-0.25, -0.2) is 4.39 Å². The predicted molar refractivity (Wildman–Crippen MR) is 94.7 cm³/mol. The minimum Gasteiger partial charge on any atom is -0.381 e. The molecule has 0 radical (unpaired) electrons. The van der Waals surface area contributed by atoms with Crippen LogP contribution in [-0.2, 0) is 9.53 Å². The minimum absolute atomic E-state index is 0.0325. The van der Waals surface area contributed by atoms with E-state index >= 15 is 0 Å². The number of hydrogen-bond donors (Lipinski definition) is 2. The standard InChI is InChI=1S/C20H23FN2O2/c21-17-8-6-16(7-9-17)20(15-4-2-1-3-5-15)22-14-19(24)23-18-10-12-25-13-11-18/h1-9,18,20,22H,10-14H2,(H,23,24)/t20-/m0/s1. The predicted octanol–water partition coefficient (Wildman–Crippen LogP) is 2.80. The van der Waals surface area contributed by atoms with Crippen molar-refractivity contribution in [2.75, 3.05) is 19.8 Å². The lowest BCUT2D eigenvalue weighted by Gasteiger charge is -2.24. The summed E-state index contributed by atoms with van der Waals surface area (Å²) in [7, 11) is 0. The Balaban J connectivity index is 1.65. The molecule has 1 fully saturated rings. The highest BCUT2D eigenvalue weighted by atomic mass is 19.1. The summed E-state index contributed by atoms with van der Waals surface area (Å²) in [6.45, 7) is 1.59. The lowest BCUT2D eigenvalue weighted by atomic mass is 9.98. The SMILES string of the molecule is O=C(CN[C@@H](c1ccccc1)c1ccc(F)cc1)NC1CCOCC1. The number of halogens is 1. The number of amides is 1. The molecule has 0 aromatic heterocycles. The van der Waals surface area contributed by atoms with E-state index in [9.17, 15) is 9.18 Å². The molecule has 1 aliphatic rings. The Bertz CT molecular complexity index is 670. The van der Waals surface area contributed by atoms with Gasteiger partial charge in [-0.1, -0.05) is 42.5 Å². The van der Waals surface area contributed by atoms with Crippen LogP contribution >= 0.6 is 0 Å². The van der Waals surface area contributed by atoms with Crippen LogP contribution in [0.15, 0.2) is 54.6 Å². The first-order valence-electron chi connectivity index (χ1n) is 8.63. The summed E-state index contributed by atoms with van der Waals surface area (Å²) in [5.41, 5.74) is 1.96. The van der Waals surface area contributed by atoms with Gasteiger partial charge in [0.1, 0.15) is 5.82 Å². The van der Waals surface area contributed by atoms with Gasteiger partial charge in [-0.15, -0.1) is 0 Å². The first-order valence-corrected chi connectivity index (χ1v) is 8.63. The molecule has 1 saturated heterocycles. The van der Waals surface area contributed by atoms with E-state index in [1.165, 1.54) is 12.1 Å². The molecule has 2 aromatic carbocycles. The quantitative estimate of drug-likeness (QED) is 0.849. The van der Waals surface area contributed by atoms with Crippen molar-refractivity contribution in [1.82, 2.24) is 10.6 Å². The van der Waals surface area contributed by atoms with Gasteiger partial charge in [0.25, 0.3) is 0 Å². The largest absolute Gasteiger partial charge is 0.381 e. The maximum absolute atomic E-state index is 13.2. The molecule has 132 valence electrons. The lowest BCUT2D eigenvalue weighted by molar-refractivity contribution is -0.121. The summed E-state index contributed by atoms with van der Waals surface area (Å²) in [4.78, 5) is 12.3. The lowest BCUT2D eigenvalue weighted by Crippen LogP contribution is -2.43. The highest BCUT2D eigenvalue weighted by Crippen LogP contribution is 2.22. The van der Waals surface area contributed by atoms with Gasteiger partial charge in [0, 0.05) is 19.3 Å². The Hall–Kier alpha value is -2.24. The van der Waals surface area contributed by atoms with Crippen molar-refractivity contribution in [2.45, 2.75) is 24.9 Å². The van der Waals surface area contributed by atoms with Crippen LogP contribution in [-0.4, -0.2) is 31.7 Å². The van der Waals surface area contributed by atoms with E-state index in [2.05, 4.69) is 10.6 Å². The molecule has 0 unspecified atom stereocenters. The van der Waals surface area contributed by atoms with Crippen LogP contribution in [0, 0.1) is 5.82 Å². The zero-order chi connectivity index (χ0) is 17.5. The molecule has 0 saturated carbocycles. The third kappa shape index (κ3) is 5.11. The van der Waals surface area contributed by atoms with Crippen molar-refractivity contribution in [3.05, 3.63) is 71.5 Å². The summed E-state index contributed by atoms with van der Waals surface area (Å²) in [5, 5.41) is 6.34. The Morgan fingerprint density at radius 2 is 1.68 bits per heavy atom. The number of carbonyl (C=O) groups is 1. The monoisotopic (exact) mass is 342 g/mol. The average molecular weight is 342 g/mol. The smallest absolute Gasteiger partial charge is 0.234 e. The highest BCUT2D eigenvalue weighted by molar-refractivity contribution is 5.78. The summed E-state index contributed by atoms with van der Waals surface area (Å²) >= 11 is 0. The second kappa shape index (κ2) is 8.74. The molecule has 1 atom stereocenters.